The number of hydrogen-bond donors (Lipinski definition) is 0. The zero-order valence-corrected chi connectivity index (χ0v) is 10.0. The second-order valence-electron chi connectivity index (χ2n) is 4.18. The van der Waals surface area contributed by atoms with Gasteiger partial charge in [0.15, 0.2) is 0 Å². The Balaban J connectivity index is 2.49. The van der Waals surface area contributed by atoms with Gasteiger partial charge < -0.3 is 0 Å². The number of benzene rings is 2. The van der Waals surface area contributed by atoms with Crippen molar-refractivity contribution >= 4 is 0 Å². The van der Waals surface area contributed by atoms with E-state index >= 15 is 0 Å². The number of aryl methyl sites for hydroxylation is 1. The molecule has 0 bridgehead atoms. The molecule has 18 heavy (non-hydrogen) atoms. The smallest absolute Gasteiger partial charge is 0.133 e. The van der Waals surface area contributed by atoms with Gasteiger partial charge in [-0.05, 0) is 35.7 Å². The molecule has 3 heteroatoms. The van der Waals surface area contributed by atoms with Crippen LogP contribution in [0.2, 0.25) is 0 Å². The van der Waals surface area contributed by atoms with Gasteiger partial charge in [0.25, 0.3) is 0 Å². The molecule has 0 aliphatic rings. The van der Waals surface area contributed by atoms with E-state index < -0.39 is 11.6 Å². The Labute approximate surface area is 104 Å². The third kappa shape index (κ3) is 2.55. The second-order valence-corrected chi connectivity index (χ2v) is 4.18. The van der Waals surface area contributed by atoms with Gasteiger partial charge in [0.2, 0.25) is 0 Å². The van der Waals surface area contributed by atoms with Crippen molar-refractivity contribution in [2.45, 2.75) is 19.8 Å². The van der Waals surface area contributed by atoms with E-state index in [2.05, 4.69) is 0 Å². The van der Waals surface area contributed by atoms with Gasteiger partial charge in [0.05, 0.1) is 0 Å². The van der Waals surface area contributed by atoms with Crippen LogP contribution in [-0.2, 0) is 6.42 Å². The molecule has 0 fully saturated rings. The molecule has 0 atom stereocenters. The summed E-state index contributed by atoms with van der Waals surface area (Å²) >= 11 is 0. The Morgan fingerprint density at radius 1 is 0.889 bits per heavy atom. The minimum absolute atomic E-state index is 0.305. The largest absolute Gasteiger partial charge is 0.207 e. The summed E-state index contributed by atoms with van der Waals surface area (Å²) in [6, 6.07) is 7.89. The molecule has 2 rings (SSSR count). The Morgan fingerprint density at radius 3 is 2.17 bits per heavy atom. The van der Waals surface area contributed by atoms with Gasteiger partial charge >= 0.3 is 0 Å². The molecule has 0 saturated carbocycles. The molecule has 0 aliphatic carbocycles. The van der Waals surface area contributed by atoms with Gasteiger partial charge in [-0.3, -0.25) is 0 Å². The lowest BCUT2D eigenvalue weighted by molar-refractivity contribution is 0.572. The van der Waals surface area contributed by atoms with Crippen molar-refractivity contribution in [3.8, 4) is 11.1 Å². The molecule has 0 amide bonds. The molecule has 0 aromatic heterocycles. The van der Waals surface area contributed by atoms with E-state index in [9.17, 15) is 13.2 Å². The normalized spacial score (nSPS) is 10.7. The van der Waals surface area contributed by atoms with Crippen LogP contribution in [0.15, 0.2) is 36.4 Å². The van der Waals surface area contributed by atoms with E-state index in [0.717, 1.165) is 12.5 Å². The molecule has 0 saturated heterocycles. The van der Waals surface area contributed by atoms with Crippen molar-refractivity contribution in [3.63, 3.8) is 0 Å². The highest BCUT2D eigenvalue weighted by atomic mass is 19.1. The van der Waals surface area contributed by atoms with Crippen LogP contribution in [0.5, 0.6) is 0 Å². The van der Waals surface area contributed by atoms with Crippen LogP contribution in [-0.4, -0.2) is 0 Å². The third-order valence-electron chi connectivity index (χ3n) is 2.81. The van der Waals surface area contributed by atoms with Gasteiger partial charge in [-0.2, -0.15) is 0 Å². The van der Waals surface area contributed by atoms with Gasteiger partial charge in [-0.1, -0.05) is 25.5 Å². The van der Waals surface area contributed by atoms with Crippen LogP contribution in [0.25, 0.3) is 11.1 Å². The molecule has 0 spiro atoms. The zero-order valence-electron chi connectivity index (χ0n) is 10.0. The first kappa shape index (κ1) is 12.7. The predicted octanol–water partition coefficient (Wildman–Crippen LogP) is 4.72. The summed E-state index contributed by atoms with van der Waals surface area (Å²) in [7, 11) is 0. The molecule has 0 N–H and O–H groups in total. The number of rotatable bonds is 3. The van der Waals surface area contributed by atoms with E-state index in [4.69, 9.17) is 0 Å². The fourth-order valence-corrected chi connectivity index (χ4v) is 1.91. The summed E-state index contributed by atoms with van der Waals surface area (Å²) in [4.78, 5) is 0. The molecule has 0 unspecified atom stereocenters. The van der Waals surface area contributed by atoms with Crippen molar-refractivity contribution in [2.75, 3.05) is 0 Å². The minimum Gasteiger partial charge on any atom is -0.207 e. The second kappa shape index (κ2) is 5.25. The van der Waals surface area contributed by atoms with Gasteiger partial charge in [-0.25, -0.2) is 13.2 Å². The molecule has 0 heterocycles. The first-order valence-corrected chi connectivity index (χ1v) is 5.85. The van der Waals surface area contributed by atoms with Crippen molar-refractivity contribution < 1.29 is 13.2 Å². The fraction of sp³-hybridized carbons (Fsp3) is 0.200. The topological polar surface area (TPSA) is 0 Å². The lowest BCUT2D eigenvalue weighted by Gasteiger charge is -2.08. The zero-order chi connectivity index (χ0) is 13.1. The highest BCUT2D eigenvalue weighted by molar-refractivity contribution is 5.65. The van der Waals surface area contributed by atoms with Crippen molar-refractivity contribution in [3.05, 3.63) is 59.4 Å². The lowest BCUT2D eigenvalue weighted by Crippen LogP contribution is -1.95. The lowest BCUT2D eigenvalue weighted by atomic mass is 10.00. The Hall–Kier alpha value is -1.77. The van der Waals surface area contributed by atoms with E-state index in [1.165, 1.54) is 30.3 Å². The average Bonchev–Trinajstić information content (AvgIpc) is 2.34. The molecule has 0 aliphatic heterocycles. The quantitative estimate of drug-likeness (QED) is 0.739. The summed E-state index contributed by atoms with van der Waals surface area (Å²) in [5, 5.41) is 0. The Morgan fingerprint density at radius 2 is 1.56 bits per heavy atom. The van der Waals surface area contributed by atoms with Crippen LogP contribution in [0, 0.1) is 17.5 Å². The maximum Gasteiger partial charge on any atom is 0.133 e. The summed E-state index contributed by atoms with van der Waals surface area (Å²) in [6.45, 7) is 1.93. The summed E-state index contributed by atoms with van der Waals surface area (Å²) in [6.07, 6.45) is 1.34. The summed E-state index contributed by atoms with van der Waals surface area (Å²) in [5.74, 6) is -1.53. The van der Waals surface area contributed by atoms with Gasteiger partial charge in [0, 0.05) is 11.6 Å². The van der Waals surface area contributed by atoms with E-state index in [0.29, 0.717) is 23.1 Å². The molecule has 94 valence electrons. The van der Waals surface area contributed by atoms with Crippen LogP contribution in [0.1, 0.15) is 18.9 Å². The van der Waals surface area contributed by atoms with Crippen LogP contribution in [0.4, 0.5) is 13.2 Å². The maximum atomic E-state index is 13.7. The molecular weight excluding hydrogens is 237 g/mol. The van der Waals surface area contributed by atoms with Crippen molar-refractivity contribution in [1.29, 1.82) is 0 Å². The fourth-order valence-electron chi connectivity index (χ4n) is 1.91. The molecule has 2 aromatic rings. The van der Waals surface area contributed by atoms with E-state index in [1.54, 1.807) is 0 Å². The highest BCUT2D eigenvalue weighted by Crippen LogP contribution is 2.26. The first-order chi connectivity index (χ1) is 8.61. The SMILES string of the molecule is CCCc1cc(-c2ccc(F)cc2)c(F)cc1F. The summed E-state index contributed by atoms with van der Waals surface area (Å²) < 4.78 is 40.0. The third-order valence-corrected chi connectivity index (χ3v) is 2.81. The standard InChI is InChI=1S/C15H13F3/c1-2-3-11-8-13(15(18)9-14(11)17)10-4-6-12(16)7-5-10/h4-9H,2-3H2,1H3. The van der Waals surface area contributed by atoms with Crippen LogP contribution in [0.3, 0.4) is 0 Å². The Bertz CT molecular complexity index is 544. The maximum absolute atomic E-state index is 13.7. The predicted molar refractivity (Wildman–Crippen MR) is 65.7 cm³/mol. The monoisotopic (exact) mass is 250 g/mol. The van der Waals surface area contributed by atoms with Crippen molar-refractivity contribution in [1.82, 2.24) is 0 Å². The Kier molecular flexibility index (Phi) is 3.70. The molecular formula is C15H13F3. The average molecular weight is 250 g/mol. The van der Waals surface area contributed by atoms with Crippen LogP contribution >= 0.6 is 0 Å². The first-order valence-electron chi connectivity index (χ1n) is 5.85. The van der Waals surface area contributed by atoms with E-state index in [-0.39, 0.29) is 5.82 Å². The highest BCUT2D eigenvalue weighted by Gasteiger charge is 2.11. The molecule has 0 radical (unpaired) electrons. The molecule has 2 aromatic carbocycles. The van der Waals surface area contributed by atoms with Gasteiger partial charge in [-0.15, -0.1) is 0 Å². The molecule has 0 nitrogen and oxygen atoms in total. The minimum atomic E-state index is -0.626. The number of halogens is 3. The number of hydrogen-bond acceptors (Lipinski definition) is 0. The van der Waals surface area contributed by atoms with Crippen molar-refractivity contribution in [2.24, 2.45) is 0 Å². The van der Waals surface area contributed by atoms with Gasteiger partial charge in [0.1, 0.15) is 17.5 Å². The van der Waals surface area contributed by atoms with E-state index in [1.807, 2.05) is 6.92 Å². The van der Waals surface area contributed by atoms with Crippen LogP contribution < -0.4 is 0 Å². The summed E-state index contributed by atoms with van der Waals surface area (Å²) in [5.41, 5.74) is 1.34.